The van der Waals surface area contributed by atoms with E-state index in [1.54, 1.807) is 30.5 Å². The Hall–Kier alpha value is -3.02. The number of benzene rings is 1. The van der Waals surface area contributed by atoms with E-state index in [9.17, 15) is 14.3 Å². The third-order valence-electron chi connectivity index (χ3n) is 2.94. The molecule has 6 heteroatoms. The van der Waals surface area contributed by atoms with Gasteiger partial charge in [0.1, 0.15) is 17.2 Å². The molecule has 0 aliphatic carbocycles. The van der Waals surface area contributed by atoms with Gasteiger partial charge in [-0.1, -0.05) is 18.2 Å². The molecule has 3 aromatic rings. The summed E-state index contributed by atoms with van der Waals surface area (Å²) >= 11 is 0. The number of hydrogen-bond acceptors (Lipinski definition) is 3. The molecule has 0 spiro atoms. The Morgan fingerprint density at radius 3 is 2.52 bits per heavy atom. The fourth-order valence-corrected chi connectivity index (χ4v) is 1.98. The molecule has 0 amide bonds. The summed E-state index contributed by atoms with van der Waals surface area (Å²) in [4.78, 5) is 15.5. The normalized spacial score (nSPS) is 10.5. The van der Waals surface area contributed by atoms with Crippen LogP contribution in [-0.2, 0) is 0 Å². The highest BCUT2D eigenvalue weighted by molar-refractivity contribution is 5.88. The second-order valence-electron chi connectivity index (χ2n) is 4.30. The summed E-state index contributed by atoms with van der Waals surface area (Å²) in [6.07, 6.45) is 1.58. The van der Waals surface area contributed by atoms with Crippen molar-refractivity contribution >= 4 is 5.97 Å². The molecule has 104 valence electrons. The molecular weight excluding hydrogens is 273 g/mol. The van der Waals surface area contributed by atoms with Gasteiger partial charge in [0.15, 0.2) is 5.69 Å². The third kappa shape index (κ3) is 2.38. The number of aromatic nitrogens is 3. The SMILES string of the molecule is O=C(O)c1cc(-c2ccccn2)nn1-c1ccccc1F. The zero-order chi connectivity index (χ0) is 14.8. The number of aromatic carboxylic acids is 1. The first-order valence-electron chi connectivity index (χ1n) is 6.16. The number of rotatable bonds is 3. The zero-order valence-electron chi connectivity index (χ0n) is 10.8. The van der Waals surface area contributed by atoms with Gasteiger partial charge in [0, 0.05) is 12.3 Å². The molecule has 2 aromatic heterocycles. The maximum absolute atomic E-state index is 13.9. The monoisotopic (exact) mass is 283 g/mol. The first-order chi connectivity index (χ1) is 10.2. The molecule has 0 fully saturated rings. The minimum absolute atomic E-state index is 0.0806. The predicted molar refractivity (Wildman–Crippen MR) is 73.7 cm³/mol. The van der Waals surface area contributed by atoms with Gasteiger partial charge < -0.3 is 5.11 Å². The van der Waals surface area contributed by atoms with Gasteiger partial charge in [0.2, 0.25) is 0 Å². The Bertz CT molecular complexity index is 800. The second-order valence-corrected chi connectivity index (χ2v) is 4.30. The van der Waals surface area contributed by atoms with E-state index >= 15 is 0 Å². The van der Waals surface area contributed by atoms with Crippen LogP contribution >= 0.6 is 0 Å². The van der Waals surface area contributed by atoms with Gasteiger partial charge in [-0.15, -0.1) is 0 Å². The summed E-state index contributed by atoms with van der Waals surface area (Å²) in [5, 5.41) is 13.4. The Morgan fingerprint density at radius 1 is 1.10 bits per heavy atom. The van der Waals surface area contributed by atoms with E-state index in [0.29, 0.717) is 11.4 Å². The predicted octanol–water partition coefficient (Wildman–Crippen LogP) is 2.77. The van der Waals surface area contributed by atoms with Gasteiger partial charge >= 0.3 is 5.97 Å². The minimum Gasteiger partial charge on any atom is -0.477 e. The highest BCUT2D eigenvalue weighted by atomic mass is 19.1. The lowest BCUT2D eigenvalue weighted by molar-refractivity contribution is 0.0687. The number of pyridine rings is 1. The zero-order valence-corrected chi connectivity index (χ0v) is 10.8. The van der Waals surface area contributed by atoms with Crippen LogP contribution in [0, 0.1) is 5.82 Å². The smallest absolute Gasteiger partial charge is 0.354 e. The molecule has 0 radical (unpaired) electrons. The van der Waals surface area contributed by atoms with Crippen LogP contribution in [0.1, 0.15) is 10.5 Å². The van der Waals surface area contributed by atoms with Crippen LogP contribution in [0.15, 0.2) is 54.7 Å². The molecule has 0 saturated carbocycles. The van der Waals surface area contributed by atoms with Gasteiger partial charge in [-0.25, -0.2) is 13.9 Å². The molecule has 0 atom stereocenters. The lowest BCUT2D eigenvalue weighted by Crippen LogP contribution is -2.09. The molecule has 0 saturated heterocycles. The van der Waals surface area contributed by atoms with Crippen LogP contribution in [0.2, 0.25) is 0 Å². The van der Waals surface area contributed by atoms with E-state index in [2.05, 4.69) is 10.1 Å². The van der Waals surface area contributed by atoms with Crippen molar-refractivity contribution in [2.75, 3.05) is 0 Å². The Morgan fingerprint density at radius 2 is 1.86 bits per heavy atom. The number of carboxylic acid groups (broad SMARTS) is 1. The molecule has 5 nitrogen and oxygen atoms in total. The first kappa shape index (κ1) is 13.0. The summed E-state index contributed by atoms with van der Waals surface area (Å²) in [6, 6.07) is 12.5. The lowest BCUT2D eigenvalue weighted by atomic mass is 10.2. The fraction of sp³-hybridized carbons (Fsp3) is 0. The van der Waals surface area contributed by atoms with Gasteiger partial charge in [0.25, 0.3) is 0 Å². The van der Waals surface area contributed by atoms with Crippen LogP contribution < -0.4 is 0 Å². The van der Waals surface area contributed by atoms with Crippen LogP contribution in [0.5, 0.6) is 0 Å². The highest BCUT2D eigenvalue weighted by Crippen LogP contribution is 2.21. The maximum Gasteiger partial charge on any atom is 0.354 e. The topological polar surface area (TPSA) is 68.0 Å². The second kappa shape index (κ2) is 5.16. The van der Waals surface area contributed by atoms with Gasteiger partial charge in [-0.3, -0.25) is 4.98 Å². The molecule has 21 heavy (non-hydrogen) atoms. The van der Waals surface area contributed by atoms with Crippen molar-refractivity contribution in [2.24, 2.45) is 0 Å². The van der Waals surface area contributed by atoms with Crippen molar-refractivity contribution in [1.29, 1.82) is 0 Å². The number of nitrogens with zero attached hydrogens (tertiary/aromatic N) is 3. The average Bonchev–Trinajstić information content (AvgIpc) is 2.94. The number of carbonyl (C=O) groups is 1. The maximum atomic E-state index is 13.9. The van der Waals surface area contributed by atoms with Gasteiger partial charge in [-0.05, 0) is 24.3 Å². The Balaban J connectivity index is 2.19. The van der Waals surface area contributed by atoms with E-state index < -0.39 is 11.8 Å². The summed E-state index contributed by atoms with van der Waals surface area (Å²) < 4.78 is 14.9. The number of hydrogen-bond donors (Lipinski definition) is 1. The summed E-state index contributed by atoms with van der Waals surface area (Å²) in [6.45, 7) is 0. The van der Waals surface area contributed by atoms with E-state index in [1.165, 1.54) is 24.3 Å². The van der Waals surface area contributed by atoms with Crippen molar-refractivity contribution in [2.45, 2.75) is 0 Å². The molecule has 3 rings (SSSR count). The van der Waals surface area contributed by atoms with Crippen molar-refractivity contribution < 1.29 is 14.3 Å². The lowest BCUT2D eigenvalue weighted by Gasteiger charge is -2.05. The van der Waals surface area contributed by atoms with E-state index in [0.717, 1.165) is 4.68 Å². The van der Waals surface area contributed by atoms with Crippen molar-refractivity contribution in [3.05, 3.63) is 66.2 Å². The van der Waals surface area contributed by atoms with Crippen LogP contribution in [-0.4, -0.2) is 25.8 Å². The first-order valence-corrected chi connectivity index (χ1v) is 6.16. The number of halogens is 1. The molecule has 1 N–H and O–H groups in total. The van der Waals surface area contributed by atoms with Crippen molar-refractivity contribution in [3.8, 4) is 17.1 Å². The summed E-state index contributed by atoms with van der Waals surface area (Å²) in [5.41, 5.74) is 0.851. The minimum atomic E-state index is -1.19. The number of para-hydroxylation sites is 1. The van der Waals surface area contributed by atoms with E-state index in [4.69, 9.17) is 0 Å². The molecule has 0 aliphatic rings. The number of carboxylic acids is 1. The van der Waals surface area contributed by atoms with Crippen molar-refractivity contribution in [3.63, 3.8) is 0 Å². The molecule has 1 aromatic carbocycles. The largest absolute Gasteiger partial charge is 0.477 e. The standard InChI is InChI=1S/C15H10FN3O2/c16-10-5-1-2-7-13(10)19-14(15(20)21)9-12(18-19)11-6-3-4-8-17-11/h1-9H,(H,20,21). The van der Waals surface area contributed by atoms with Gasteiger partial charge in [-0.2, -0.15) is 5.10 Å². The molecule has 0 unspecified atom stereocenters. The molecule has 0 bridgehead atoms. The Labute approximate surface area is 119 Å². The van der Waals surface area contributed by atoms with Crippen molar-refractivity contribution in [1.82, 2.24) is 14.8 Å². The van der Waals surface area contributed by atoms with E-state index in [-0.39, 0.29) is 11.4 Å². The molecular formula is C15H10FN3O2. The van der Waals surface area contributed by atoms with E-state index in [1.807, 2.05) is 0 Å². The molecule has 2 heterocycles. The quantitative estimate of drug-likeness (QED) is 0.802. The molecule has 0 aliphatic heterocycles. The van der Waals surface area contributed by atoms with Crippen LogP contribution in [0.3, 0.4) is 0 Å². The van der Waals surface area contributed by atoms with Crippen LogP contribution in [0.4, 0.5) is 4.39 Å². The Kier molecular flexibility index (Phi) is 3.19. The third-order valence-corrected chi connectivity index (χ3v) is 2.94. The average molecular weight is 283 g/mol. The van der Waals surface area contributed by atoms with Gasteiger partial charge in [0.05, 0.1) is 5.69 Å². The van der Waals surface area contributed by atoms with Crippen LogP contribution in [0.25, 0.3) is 17.1 Å². The fourth-order valence-electron chi connectivity index (χ4n) is 1.98. The summed E-state index contributed by atoms with van der Waals surface area (Å²) in [5.74, 6) is -1.73. The summed E-state index contributed by atoms with van der Waals surface area (Å²) in [7, 11) is 0. The highest BCUT2D eigenvalue weighted by Gasteiger charge is 2.18.